The van der Waals surface area contributed by atoms with Crippen LogP contribution in [-0.4, -0.2) is 60.5 Å². The average Bonchev–Trinajstić information content (AvgIpc) is 2.62. The van der Waals surface area contributed by atoms with Crippen molar-refractivity contribution in [3.63, 3.8) is 0 Å². The summed E-state index contributed by atoms with van der Waals surface area (Å²) in [6, 6.07) is 11.6. The average molecular weight is 316 g/mol. The van der Waals surface area contributed by atoms with E-state index in [0.29, 0.717) is 18.0 Å². The third-order valence-electron chi connectivity index (χ3n) is 5.97. The van der Waals surface area contributed by atoms with Gasteiger partial charge in [-0.1, -0.05) is 30.3 Å². The zero-order valence-corrected chi connectivity index (χ0v) is 13.7. The van der Waals surface area contributed by atoms with Crippen molar-refractivity contribution < 1.29 is 9.84 Å². The maximum Gasteiger partial charge on any atom is 0.0754 e. The van der Waals surface area contributed by atoms with E-state index in [1.54, 1.807) is 0 Å². The second-order valence-electron chi connectivity index (χ2n) is 7.30. The largest absolute Gasteiger partial charge is 0.391 e. The van der Waals surface area contributed by atoms with E-state index in [2.05, 4.69) is 40.5 Å². The molecule has 1 saturated carbocycles. The van der Waals surface area contributed by atoms with Crippen LogP contribution in [0.25, 0.3) is 0 Å². The second kappa shape index (κ2) is 6.89. The highest BCUT2D eigenvalue weighted by atomic mass is 16.5. The van der Waals surface area contributed by atoms with Crippen LogP contribution in [-0.2, 0) is 4.74 Å². The van der Waals surface area contributed by atoms with Crippen molar-refractivity contribution in [2.75, 3.05) is 26.2 Å². The van der Waals surface area contributed by atoms with Gasteiger partial charge in [0.25, 0.3) is 0 Å². The van der Waals surface area contributed by atoms with Crippen LogP contribution >= 0.6 is 0 Å². The minimum absolute atomic E-state index is 0.205. The normalized spacial score (nSPS) is 36.6. The number of nitrogens with zero attached hydrogens (tertiary/aromatic N) is 1. The summed E-state index contributed by atoms with van der Waals surface area (Å²) in [6.07, 6.45) is 4.15. The van der Waals surface area contributed by atoms with Gasteiger partial charge in [0.15, 0.2) is 0 Å². The predicted molar refractivity (Wildman–Crippen MR) is 90.5 cm³/mol. The van der Waals surface area contributed by atoms with Gasteiger partial charge in [0, 0.05) is 25.0 Å². The number of morpholine rings is 1. The smallest absolute Gasteiger partial charge is 0.0754 e. The lowest BCUT2D eigenvalue weighted by molar-refractivity contribution is -0.0918. The Hall–Kier alpha value is -0.940. The summed E-state index contributed by atoms with van der Waals surface area (Å²) >= 11 is 0. The Morgan fingerprint density at radius 1 is 1.09 bits per heavy atom. The number of aliphatic hydroxyl groups excluding tert-OH is 1. The Morgan fingerprint density at radius 2 is 1.87 bits per heavy atom. The SMILES string of the molecule is O[C@H]1C[C@@H]2OCCN[C@H]2C[C@@H]1N1CCC(c2ccccc2)CC1. The van der Waals surface area contributed by atoms with Crippen LogP contribution in [0.2, 0.25) is 0 Å². The number of rotatable bonds is 2. The summed E-state index contributed by atoms with van der Waals surface area (Å²) in [5, 5.41) is 14.2. The van der Waals surface area contributed by atoms with Gasteiger partial charge in [-0.05, 0) is 43.8 Å². The minimum Gasteiger partial charge on any atom is -0.391 e. The molecule has 0 bridgehead atoms. The first-order valence-corrected chi connectivity index (χ1v) is 9.13. The molecule has 4 rings (SSSR count). The van der Waals surface area contributed by atoms with Crippen molar-refractivity contribution in [1.29, 1.82) is 0 Å². The van der Waals surface area contributed by atoms with Crippen molar-refractivity contribution >= 4 is 0 Å². The van der Waals surface area contributed by atoms with E-state index in [-0.39, 0.29) is 12.2 Å². The van der Waals surface area contributed by atoms with Gasteiger partial charge >= 0.3 is 0 Å². The van der Waals surface area contributed by atoms with Crippen molar-refractivity contribution in [2.24, 2.45) is 0 Å². The fraction of sp³-hybridized carbons (Fsp3) is 0.684. The number of hydrogen-bond donors (Lipinski definition) is 2. The summed E-state index contributed by atoms with van der Waals surface area (Å²) in [4.78, 5) is 2.52. The number of nitrogens with one attached hydrogen (secondary N) is 1. The molecule has 0 aromatic heterocycles. The van der Waals surface area contributed by atoms with Gasteiger partial charge in [0.2, 0.25) is 0 Å². The van der Waals surface area contributed by atoms with Gasteiger partial charge in [-0.2, -0.15) is 0 Å². The fourth-order valence-electron chi connectivity index (χ4n) is 4.66. The number of likely N-dealkylation sites (tertiary alicyclic amines) is 1. The Labute approximate surface area is 138 Å². The summed E-state index contributed by atoms with van der Waals surface area (Å²) in [6.45, 7) is 3.92. The van der Waals surface area contributed by atoms with Gasteiger partial charge < -0.3 is 15.2 Å². The van der Waals surface area contributed by atoms with Crippen LogP contribution < -0.4 is 5.32 Å². The van der Waals surface area contributed by atoms with E-state index < -0.39 is 0 Å². The molecule has 3 aliphatic rings. The number of benzene rings is 1. The molecule has 0 amide bonds. The van der Waals surface area contributed by atoms with Gasteiger partial charge in [-0.3, -0.25) is 4.90 Å². The molecular weight excluding hydrogens is 288 g/mol. The Morgan fingerprint density at radius 3 is 2.65 bits per heavy atom. The van der Waals surface area contributed by atoms with Gasteiger partial charge in [0.1, 0.15) is 0 Å². The Balaban J connectivity index is 1.36. The van der Waals surface area contributed by atoms with E-state index in [0.717, 1.165) is 39.1 Å². The molecule has 4 nitrogen and oxygen atoms in total. The summed E-state index contributed by atoms with van der Waals surface area (Å²) < 4.78 is 5.82. The Kier molecular flexibility index (Phi) is 4.67. The highest BCUT2D eigenvalue weighted by Gasteiger charge is 2.41. The molecule has 0 spiro atoms. The molecule has 126 valence electrons. The highest BCUT2D eigenvalue weighted by Crippen LogP contribution is 2.33. The highest BCUT2D eigenvalue weighted by molar-refractivity contribution is 5.20. The monoisotopic (exact) mass is 316 g/mol. The zero-order chi connectivity index (χ0) is 15.6. The summed E-state index contributed by atoms with van der Waals surface area (Å²) in [5.41, 5.74) is 1.47. The van der Waals surface area contributed by atoms with E-state index in [9.17, 15) is 5.11 Å². The molecule has 2 saturated heterocycles. The molecule has 2 N–H and O–H groups in total. The lowest BCUT2D eigenvalue weighted by Gasteiger charge is -2.47. The molecule has 3 fully saturated rings. The molecule has 2 heterocycles. The quantitative estimate of drug-likeness (QED) is 0.872. The maximum atomic E-state index is 10.6. The van der Waals surface area contributed by atoms with Crippen LogP contribution in [0.15, 0.2) is 30.3 Å². The molecule has 1 aromatic carbocycles. The first-order chi connectivity index (χ1) is 11.3. The number of ether oxygens (including phenoxy) is 1. The maximum absolute atomic E-state index is 10.6. The first-order valence-electron chi connectivity index (χ1n) is 9.13. The van der Waals surface area contributed by atoms with Crippen LogP contribution in [0, 0.1) is 0 Å². The van der Waals surface area contributed by atoms with Gasteiger partial charge in [0.05, 0.1) is 18.8 Å². The zero-order valence-electron chi connectivity index (χ0n) is 13.7. The molecule has 0 radical (unpaired) electrons. The second-order valence-corrected chi connectivity index (χ2v) is 7.30. The van der Waals surface area contributed by atoms with E-state index >= 15 is 0 Å². The molecule has 0 unspecified atom stereocenters. The van der Waals surface area contributed by atoms with Gasteiger partial charge in [-0.15, -0.1) is 0 Å². The van der Waals surface area contributed by atoms with Crippen molar-refractivity contribution in [2.45, 2.75) is 55.9 Å². The lowest BCUT2D eigenvalue weighted by Crippen LogP contribution is -2.60. The topological polar surface area (TPSA) is 44.7 Å². The minimum atomic E-state index is -0.246. The molecular formula is C19H28N2O2. The van der Waals surface area contributed by atoms with Crippen molar-refractivity contribution in [3.8, 4) is 0 Å². The third-order valence-corrected chi connectivity index (χ3v) is 5.97. The van der Waals surface area contributed by atoms with E-state index in [1.807, 2.05) is 0 Å². The molecule has 4 heteroatoms. The molecule has 2 aliphatic heterocycles. The summed E-state index contributed by atoms with van der Waals surface area (Å²) in [5.74, 6) is 0.678. The van der Waals surface area contributed by atoms with Crippen LogP contribution in [0.5, 0.6) is 0 Å². The van der Waals surface area contributed by atoms with Crippen LogP contribution in [0.3, 0.4) is 0 Å². The van der Waals surface area contributed by atoms with Gasteiger partial charge in [-0.25, -0.2) is 0 Å². The fourth-order valence-corrected chi connectivity index (χ4v) is 4.66. The summed E-state index contributed by atoms with van der Waals surface area (Å²) in [7, 11) is 0. The van der Waals surface area contributed by atoms with Crippen molar-refractivity contribution in [1.82, 2.24) is 10.2 Å². The number of aliphatic hydroxyl groups is 1. The molecule has 23 heavy (non-hydrogen) atoms. The van der Waals surface area contributed by atoms with E-state index in [4.69, 9.17) is 4.74 Å². The van der Waals surface area contributed by atoms with Crippen molar-refractivity contribution in [3.05, 3.63) is 35.9 Å². The molecule has 4 atom stereocenters. The molecule has 1 aliphatic carbocycles. The van der Waals surface area contributed by atoms with Crippen LogP contribution in [0.4, 0.5) is 0 Å². The van der Waals surface area contributed by atoms with E-state index in [1.165, 1.54) is 18.4 Å². The number of hydrogen-bond acceptors (Lipinski definition) is 4. The molecule has 1 aromatic rings. The standard InChI is InChI=1S/C19H28N2O2/c22-18-13-19-16(20-8-11-23-19)12-17(18)21-9-6-15(7-10-21)14-4-2-1-3-5-14/h1-5,15-20,22H,6-13H2/t16-,17-,18-,19-/m0/s1. The lowest BCUT2D eigenvalue weighted by atomic mass is 9.82. The first kappa shape index (κ1) is 15.6. The Bertz CT molecular complexity index is 501. The van der Waals surface area contributed by atoms with Crippen LogP contribution in [0.1, 0.15) is 37.2 Å². The number of fused-ring (bicyclic) bond motifs is 1. The predicted octanol–water partition coefficient (Wildman–Crippen LogP) is 1.75. The number of piperidine rings is 1. The third kappa shape index (κ3) is 3.31.